The molecule has 0 radical (unpaired) electrons. The van der Waals surface area contributed by atoms with Crippen LogP contribution in [0.15, 0.2) is 17.0 Å². The Hall–Kier alpha value is -1.16. The van der Waals surface area contributed by atoms with Gasteiger partial charge in [0.15, 0.2) is 4.90 Å². The molecule has 1 N–H and O–H groups in total. The Balaban J connectivity index is 2.85. The minimum absolute atomic E-state index is 0.198. The first kappa shape index (κ1) is 18.9. The molecule has 0 unspecified atom stereocenters. The second kappa shape index (κ2) is 9.09. The summed E-state index contributed by atoms with van der Waals surface area (Å²) in [5.41, 5.74) is 2.29. The lowest BCUT2D eigenvalue weighted by atomic mass is 10.0. The Morgan fingerprint density at radius 3 is 2.50 bits per heavy atom. The number of carbonyl (C=O) groups is 1. The third-order valence-corrected chi connectivity index (χ3v) is 4.94. The zero-order valence-electron chi connectivity index (χ0n) is 14.8. The molecule has 1 aromatic carbocycles. The fourth-order valence-corrected chi connectivity index (χ4v) is 3.42. The molecular formula is C18H30NO2S+. The molecular weight excluding hydrogens is 294 g/mol. The minimum Gasteiger partial charge on any atom is -0.410 e. The van der Waals surface area contributed by atoms with Gasteiger partial charge in [-0.3, -0.25) is 0 Å². The molecule has 0 aliphatic rings. The fraction of sp³-hybridized carbons (Fsp3) is 0.611. The van der Waals surface area contributed by atoms with Crippen LogP contribution in [-0.4, -0.2) is 25.1 Å². The van der Waals surface area contributed by atoms with Crippen LogP contribution in [0.25, 0.3) is 0 Å². The molecule has 0 aliphatic heterocycles. The van der Waals surface area contributed by atoms with Gasteiger partial charge in [-0.15, -0.1) is 0 Å². The fourth-order valence-electron chi connectivity index (χ4n) is 2.36. The van der Waals surface area contributed by atoms with Crippen LogP contribution in [0.1, 0.15) is 57.1 Å². The molecule has 1 amide bonds. The third kappa shape index (κ3) is 5.56. The summed E-state index contributed by atoms with van der Waals surface area (Å²) in [6, 6.07) is 4.20. The molecule has 1 aromatic rings. The number of amides is 1. The maximum Gasteiger partial charge on any atom is 0.412 e. The Labute approximate surface area is 138 Å². The van der Waals surface area contributed by atoms with Crippen molar-refractivity contribution in [3.8, 4) is 5.75 Å². The number of hydrogen-bond acceptors (Lipinski definition) is 2. The van der Waals surface area contributed by atoms with Gasteiger partial charge >= 0.3 is 6.09 Å². The van der Waals surface area contributed by atoms with Crippen molar-refractivity contribution in [2.45, 2.75) is 57.8 Å². The molecule has 1 rings (SSSR count). The number of rotatable bonds is 7. The van der Waals surface area contributed by atoms with E-state index in [1.165, 1.54) is 10.5 Å². The monoisotopic (exact) mass is 324 g/mol. The van der Waals surface area contributed by atoms with Crippen LogP contribution in [0.4, 0.5) is 4.79 Å². The summed E-state index contributed by atoms with van der Waals surface area (Å²) in [4.78, 5) is 13.3. The number of aryl methyl sites for hydroxylation is 1. The molecule has 0 aliphatic carbocycles. The van der Waals surface area contributed by atoms with Gasteiger partial charge in [0.05, 0.1) is 0 Å². The van der Waals surface area contributed by atoms with Crippen molar-refractivity contribution >= 4 is 17.0 Å². The molecule has 4 heteroatoms. The third-order valence-electron chi connectivity index (χ3n) is 3.62. The van der Waals surface area contributed by atoms with Gasteiger partial charge in [-0.2, -0.15) is 0 Å². The van der Waals surface area contributed by atoms with Crippen molar-refractivity contribution in [3.63, 3.8) is 0 Å². The lowest BCUT2D eigenvalue weighted by Gasteiger charge is -2.15. The van der Waals surface area contributed by atoms with Gasteiger partial charge in [-0.25, -0.2) is 4.79 Å². The van der Waals surface area contributed by atoms with Crippen molar-refractivity contribution in [1.82, 2.24) is 5.32 Å². The minimum atomic E-state index is -0.350. The van der Waals surface area contributed by atoms with Crippen LogP contribution >= 0.6 is 0 Å². The van der Waals surface area contributed by atoms with Crippen LogP contribution in [-0.2, 0) is 10.9 Å². The molecule has 3 nitrogen and oxygen atoms in total. The van der Waals surface area contributed by atoms with Gasteiger partial charge in [0.1, 0.15) is 18.3 Å². The Morgan fingerprint density at radius 2 is 1.95 bits per heavy atom. The number of unbranched alkanes of at least 4 members (excludes halogenated alkanes) is 2. The lowest BCUT2D eigenvalue weighted by Crippen LogP contribution is -2.28. The maximum absolute atomic E-state index is 11.9. The summed E-state index contributed by atoms with van der Waals surface area (Å²) >= 11 is 0. The number of benzene rings is 1. The average molecular weight is 325 g/mol. The molecule has 0 saturated heterocycles. The predicted octanol–water partition coefficient (Wildman–Crippen LogP) is 4.63. The zero-order valence-corrected chi connectivity index (χ0v) is 15.6. The number of nitrogens with one attached hydrogen (secondary N) is 1. The van der Waals surface area contributed by atoms with Crippen LogP contribution in [0.5, 0.6) is 5.75 Å². The first-order valence-electron chi connectivity index (χ1n) is 8.04. The van der Waals surface area contributed by atoms with E-state index in [1.54, 1.807) is 0 Å². The van der Waals surface area contributed by atoms with Gasteiger partial charge in [-0.1, -0.05) is 33.6 Å². The van der Waals surface area contributed by atoms with Gasteiger partial charge in [-0.05, 0) is 25.3 Å². The molecule has 22 heavy (non-hydrogen) atoms. The SMILES string of the molecule is CCCCCNC(=O)Oc1cc(C)c([S+](C)C)cc1C(C)C. The van der Waals surface area contributed by atoms with Crippen molar-refractivity contribution in [3.05, 3.63) is 23.3 Å². The number of hydrogen-bond donors (Lipinski definition) is 1. The maximum atomic E-state index is 11.9. The van der Waals surface area contributed by atoms with Crippen LogP contribution in [0.2, 0.25) is 0 Å². The highest BCUT2D eigenvalue weighted by molar-refractivity contribution is 7.95. The van der Waals surface area contributed by atoms with E-state index in [1.807, 2.05) is 6.07 Å². The van der Waals surface area contributed by atoms with E-state index in [0.29, 0.717) is 18.2 Å². The lowest BCUT2D eigenvalue weighted by molar-refractivity contribution is 0.199. The molecule has 0 spiro atoms. The molecule has 0 saturated carbocycles. The number of ether oxygens (including phenoxy) is 1. The summed E-state index contributed by atoms with van der Waals surface area (Å²) in [6.07, 6.45) is 7.35. The highest BCUT2D eigenvalue weighted by atomic mass is 32.2. The topological polar surface area (TPSA) is 38.3 Å². The largest absolute Gasteiger partial charge is 0.412 e. The Kier molecular flexibility index (Phi) is 7.80. The van der Waals surface area contributed by atoms with Crippen LogP contribution in [0, 0.1) is 6.92 Å². The van der Waals surface area contributed by atoms with E-state index in [0.717, 1.165) is 24.8 Å². The highest BCUT2D eigenvalue weighted by Gasteiger charge is 2.20. The van der Waals surface area contributed by atoms with Crippen molar-refractivity contribution in [2.24, 2.45) is 0 Å². The number of carbonyl (C=O) groups excluding carboxylic acids is 1. The second-order valence-corrected chi connectivity index (χ2v) is 8.22. The van der Waals surface area contributed by atoms with E-state index in [-0.39, 0.29) is 17.0 Å². The van der Waals surface area contributed by atoms with E-state index in [2.05, 4.69) is 51.6 Å². The van der Waals surface area contributed by atoms with Gasteiger partial charge in [0.2, 0.25) is 0 Å². The summed E-state index contributed by atoms with van der Waals surface area (Å²) in [5, 5.41) is 2.83. The molecule has 0 bridgehead atoms. The molecule has 124 valence electrons. The van der Waals surface area contributed by atoms with Crippen molar-refractivity contribution in [2.75, 3.05) is 19.1 Å². The van der Waals surface area contributed by atoms with Gasteiger partial charge in [0.25, 0.3) is 0 Å². The zero-order chi connectivity index (χ0) is 16.7. The van der Waals surface area contributed by atoms with E-state index < -0.39 is 0 Å². The van der Waals surface area contributed by atoms with E-state index in [9.17, 15) is 4.79 Å². The van der Waals surface area contributed by atoms with Crippen molar-refractivity contribution < 1.29 is 9.53 Å². The smallest absolute Gasteiger partial charge is 0.410 e. The molecule has 0 heterocycles. The molecule has 0 aromatic heterocycles. The van der Waals surface area contributed by atoms with Gasteiger partial charge < -0.3 is 10.1 Å². The first-order chi connectivity index (χ1) is 10.4. The Morgan fingerprint density at radius 1 is 1.27 bits per heavy atom. The van der Waals surface area contributed by atoms with Crippen LogP contribution in [0.3, 0.4) is 0 Å². The van der Waals surface area contributed by atoms with Crippen molar-refractivity contribution in [1.29, 1.82) is 0 Å². The van der Waals surface area contributed by atoms with E-state index >= 15 is 0 Å². The van der Waals surface area contributed by atoms with Gasteiger partial charge in [0, 0.05) is 34.6 Å². The second-order valence-electron chi connectivity index (χ2n) is 6.15. The van der Waals surface area contributed by atoms with E-state index in [4.69, 9.17) is 4.74 Å². The molecule has 0 atom stereocenters. The average Bonchev–Trinajstić information content (AvgIpc) is 2.43. The normalized spacial score (nSPS) is 11.1. The predicted molar refractivity (Wildman–Crippen MR) is 96.3 cm³/mol. The quantitative estimate of drug-likeness (QED) is 0.586. The summed E-state index contributed by atoms with van der Waals surface area (Å²) < 4.78 is 5.56. The van der Waals surface area contributed by atoms with Crippen LogP contribution < -0.4 is 10.1 Å². The summed E-state index contributed by atoms with van der Waals surface area (Å²) in [7, 11) is 0.198. The standard InChI is InChI=1S/C18H29NO2S/c1-7-8-9-10-19-18(20)21-16-11-14(4)17(22(5)6)12-15(16)13(2)3/h11-13H,7-10H2,1-6H3/p+1. The summed E-state index contributed by atoms with van der Waals surface area (Å²) in [5.74, 6) is 1.01. The molecule has 0 fully saturated rings. The highest BCUT2D eigenvalue weighted by Crippen LogP contribution is 2.31. The first-order valence-corrected chi connectivity index (χ1v) is 10.1. The Bertz CT molecular complexity index is 498. The summed E-state index contributed by atoms with van der Waals surface area (Å²) in [6.45, 7) is 9.16.